The van der Waals surface area contributed by atoms with Crippen molar-refractivity contribution in [1.29, 1.82) is 0 Å². The van der Waals surface area contributed by atoms with Crippen molar-refractivity contribution in [3.63, 3.8) is 0 Å². The van der Waals surface area contributed by atoms with Gasteiger partial charge in [0.05, 0.1) is 0 Å². The number of carbonyl (C=O) groups excluding carboxylic acids is 2. The maximum atomic E-state index is 13.0. The molecule has 3 heteroatoms. The molecule has 3 nitrogen and oxygen atoms in total. The first kappa shape index (κ1) is 17.7. The number of hydrogen-bond acceptors (Lipinski definition) is 3. The van der Waals surface area contributed by atoms with Crippen LogP contribution in [0.2, 0.25) is 0 Å². The zero-order valence-corrected chi connectivity index (χ0v) is 15.9. The molecule has 1 aliphatic carbocycles. The molecule has 3 rings (SSSR count). The molecule has 1 aromatic carbocycles. The number of Topliss-reactive ketones (excluding diaryl/α,β-unsaturated/α-hetero) is 1. The molecule has 0 fully saturated rings. The lowest BCUT2D eigenvalue weighted by Gasteiger charge is -2.42. The Bertz CT molecular complexity index is 865. The van der Waals surface area contributed by atoms with Crippen molar-refractivity contribution in [2.24, 2.45) is 0 Å². The van der Waals surface area contributed by atoms with Gasteiger partial charge in [-0.05, 0) is 65.5 Å². The molecular weight excluding hydrogens is 312 g/mol. The van der Waals surface area contributed by atoms with E-state index in [0.29, 0.717) is 5.56 Å². The van der Waals surface area contributed by atoms with E-state index in [1.165, 1.54) is 18.1 Å². The maximum Gasteiger partial charge on any atom is 0.228 e. The standard InChI is InChI=1S/C22H26O3/c1-13-11-16-17(22(5,6)10-9-21(16,3)4)12-15(13)20(24)19-8-7-18(25-19)14(2)23/h7-8,11-12H,9-10H2,1-6H3. The number of rotatable bonds is 3. The van der Waals surface area contributed by atoms with Gasteiger partial charge >= 0.3 is 0 Å². The highest BCUT2D eigenvalue weighted by molar-refractivity contribution is 6.09. The summed E-state index contributed by atoms with van der Waals surface area (Å²) in [4.78, 5) is 24.4. The van der Waals surface area contributed by atoms with Gasteiger partial charge in [0.25, 0.3) is 0 Å². The lowest BCUT2D eigenvalue weighted by molar-refractivity contribution is 0.0973. The lowest BCUT2D eigenvalue weighted by atomic mass is 9.62. The van der Waals surface area contributed by atoms with E-state index in [1.54, 1.807) is 12.1 Å². The number of furan rings is 1. The molecule has 0 saturated heterocycles. The van der Waals surface area contributed by atoms with Gasteiger partial charge in [0.1, 0.15) is 0 Å². The van der Waals surface area contributed by atoms with Gasteiger partial charge in [-0.1, -0.05) is 33.8 Å². The molecule has 0 aliphatic heterocycles. The van der Waals surface area contributed by atoms with Crippen molar-refractivity contribution < 1.29 is 14.0 Å². The fourth-order valence-electron chi connectivity index (χ4n) is 3.75. The normalized spacial score (nSPS) is 17.8. The van der Waals surface area contributed by atoms with Crippen molar-refractivity contribution >= 4 is 11.6 Å². The number of carbonyl (C=O) groups is 2. The van der Waals surface area contributed by atoms with Crippen molar-refractivity contribution in [2.75, 3.05) is 0 Å². The molecule has 1 heterocycles. The predicted molar refractivity (Wildman–Crippen MR) is 98.6 cm³/mol. The second-order valence-corrected chi connectivity index (χ2v) is 8.53. The summed E-state index contributed by atoms with van der Waals surface area (Å²) in [6, 6.07) is 7.37. The molecule has 25 heavy (non-hydrogen) atoms. The summed E-state index contributed by atoms with van der Waals surface area (Å²) in [7, 11) is 0. The molecule has 0 atom stereocenters. The third-order valence-corrected chi connectivity index (χ3v) is 5.62. The first-order valence-corrected chi connectivity index (χ1v) is 8.84. The van der Waals surface area contributed by atoms with Gasteiger partial charge in [-0.3, -0.25) is 9.59 Å². The minimum Gasteiger partial charge on any atom is -0.449 e. The average Bonchev–Trinajstić information content (AvgIpc) is 3.01. The Morgan fingerprint density at radius 2 is 1.44 bits per heavy atom. The largest absolute Gasteiger partial charge is 0.449 e. The van der Waals surface area contributed by atoms with Crippen LogP contribution in [0.4, 0.5) is 0 Å². The molecule has 0 radical (unpaired) electrons. The topological polar surface area (TPSA) is 47.3 Å². The SMILES string of the molecule is CC(=O)c1ccc(C(=O)c2cc3c(cc2C)C(C)(C)CCC3(C)C)o1. The number of ketones is 2. The maximum absolute atomic E-state index is 13.0. The lowest BCUT2D eigenvalue weighted by Crippen LogP contribution is -2.34. The van der Waals surface area contributed by atoms with Gasteiger partial charge in [0, 0.05) is 12.5 Å². The van der Waals surface area contributed by atoms with E-state index >= 15 is 0 Å². The van der Waals surface area contributed by atoms with E-state index in [1.807, 2.05) is 13.0 Å². The van der Waals surface area contributed by atoms with Gasteiger partial charge in [0.15, 0.2) is 17.3 Å². The highest BCUT2D eigenvalue weighted by Gasteiger charge is 2.38. The number of aryl methyl sites for hydroxylation is 1. The van der Waals surface area contributed by atoms with E-state index in [9.17, 15) is 9.59 Å². The van der Waals surface area contributed by atoms with Crippen molar-refractivity contribution in [3.8, 4) is 0 Å². The quantitative estimate of drug-likeness (QED) is 0.707. The van der Waals surface area contributed by atoms with Gasteiger partial charge in [-0.15, -0.1) is 0 Å². The zero-order chi connectivity index (χ0) is 18.6. The Kier molecular flexibility index (Phi) is 4.02. The smallest absolute Gasteiger partial charge is 0.228 e. The number of hydrogen-bond donors (Lipinski definition) is 0. The van der Waals surface area contributed by atoms with Crippen LogP contribution in [0.3, 0.4) is 0 Å². The van der Waals surface area contributed by atoms with Gasteiger partial charge in [-0.2, -0.15) is 0 Å². The molecule has 0 bridgehead atoms. The molecule has 132 valence electrons. The third-order valence-electron chi connectivity index (χ3n) is 5.62. The molecule has 2 aromatic rings. The molecule has 1 aromatic heterocycles. The van der Waals surface area contributed by atoms with Crippen LogP contribution in [0.15, 0.2) is 28.7 Å². The van der Waals surface area contributed by atoms with Crippen molar-refractivity contribution in [1.82, 2.24) is 0 Å². The summed E-state index contributed by atoms with van der Waals surface area (Å²) in [5.41, 5.74) is 4.35. The second kappa shape index (κ2) is 5.69. The minimum atomic E-state index is -0.177. The Balaban J connectivity index is 2.11. The van der Waals surface area contributed by atoms with Gasteiger partial charge in [0.2, 0.25) is 5.78 Å². The van der Waals surface area contributed by atoms with Crippen molar-refractivity contribution in [2.45, 2.75) is 65.2 Å². The first-order chi connectivity index (χ1) is 11.5. The van der Waals surface area contributed by atoms with Crippen molar-refractivity contribution in [3.05, 3.63) is 58.0 Å². The third kappa shape index (κ3) is 2.97. The number of benzene rings is 1. The van der Waals surface area contributed by atoms with Crippen LogP contribution < -0.4 is 0 Å². The molecule has 0 amide bonds. The number of fused-ring (bicyclic) bond motifs is 1. The highest BCUT2D eigenvalue weighted by atomic mass is 16.4. The van der Waals surface area contributed by atoms with E-state index in [4.69, 9.17) is 4.42 Å². The monoisotopic (exact) mass is 338 g/mol. The summed E-state index contributed by atoms with van der Waals surface area (Å²) in [5, 5.41) is 0. The van der Waals surface area contributed by atoms with E-state index < -0.39 is 0 Å². The highest BCUT2D eigenvalue weighted by Crippen LogP contribution is 2.46. The zero-order valence-electron chi connectivity index (χ0n) is 15.9. The Morgan fingerprint density at radius 1 is 0.920 bits per heavy atom. The minimum absolute atomic E-state index is 0.0429. The van der Waals surface area contributed by atoms with Crippen LogP contribution in [-0.4, -0.2) is 11.6 Å². The molecule has 0 spiro atoms. The second-order valence-electron chi connectivity index (χ2n) is 8.53. The van der Waals surface area contributed by atoms with Crippen LogP contribution in [0, 0.1) is 6.92 Å². The summed E-state index contributed by atoms with van der Waals surface area (Å²) in [6.45, 7) is 12.4. The molecule has 0 unspecified atom stereocenters. The van der Waals surface area contributed by atoms with Crippen LogP contribution in [0.25, 0.3) is 0 Å². The molecule has 0 N–H and O–H groups in total. The molecular formula is C22H26O3. The van der Waals surface area contributed by atoms with Crippen LogP contribution in [-0.2, 0) is 10.8 Å². The summed E-state index contributed by atoms with van der Waals surface area (Å²) < 4.78 is 5.45. The fraction of sp³-hybridized carbons (Fsp3) is 0.455. The molecule has 1 aliphatic rings. The fourth-order valence-corrected chi connectivity index (χ4v) is 3.75. The Labute approximate surface area is 149 Å². The first-order valence-electron chi connectivity index (χ1n) is 8.84. The molecule has 0 saturated carbocycles. The summed E-state index contributed by atoms with van der Waals surface area (Å²) >= 11 is 0. The van der Waals surface area contributed by atoms with E-state index in [-0.39, 0.29) is 33.9 Å². The van der Waals surface area contributed by atoms with Crippen LogP contribution in [0.5, 0.6) is 0 Å². The van der Waals surface area contributed by atoms with Crippen LogP contribution in [0.1, 0.15) is 90.8 Å². The Morgan fingerprint density at radius 3 is 1.96 bits per heavy atom. The van der Waals surface area contributed by atoms with E-state index in [2.05, 4.69) is 33.8 Å². The van der Waals surface area contributed by atoms with Gasteiger partial charge < -0.3 is 4.42 Å². The Hall–Kier alpha value is -2.16. The average molecular weight is 338 g/mol. The van der Waals surface area contributed by atoms with Gasteiger partial charge in [-0.25, -0.2) is 0 Å². The van der Waals surface area contributed by atoms with E-state index in [0.717, 1.165) is 18.4 Å². The van der Waals surface area contributed by atoms with Crippen LogP contribution >= 0.6 is 0 Å². The summed E-state index contributed by atoms with van der Waals surface area (Å²) in [5.74, 6) is 0.109. The predicted octanol–water partition coefficient (Wildman–Crippen LogP) is 5.37. The summed E-state index contributed by atoms with van der Waals surface area (Å²) in [6.07, 6.45) is 2.23.